The molecule has 180 valence electrons. The van der Waals surface area contributed by atoms with Crippen LogP contribution in [0.3, 0.4) is 0 Å². The Morgan fingerprint density at radius 3 is 2.43 bits per heavy atom. The number of carbonyl (C=O) groups excluding carboxylic acids is 2. The second-order valence-corrected chi connectivity index (χ2v) is 9.75. The first-order chi connectivity index (χ1) is 16.9. The SMILES string of the molecule is CCOC(=O)c1ccc(NC(=O)[C@@H](Cc2ccccc2)NS(=O)(=O)c2cccc3nsnc23)cc1. The molecule has 1 aromatic heterocycles. The fraction of sp³-hybridized carbons (Fsp3) is 0.167. The van der Waals surface area contributed by atoms with Gasteiger partial charge in [0.15, 0.2) is 0 Å². The van der Waals surface area contributed by atoms with Gasteiger partial charge in [-0.25, -0.2) is 13.2 Å². The number of carbonyl (C=O) groups is 2. The third kappa shape index (κ3) is 5.88. The normalized spacial score (nSPS) is 12.3. The highest BCUT2D eigenvalue weighted by molar-refractivity contribution is 7.89. The Morgan fingerprint density at radius 2 is 1.71 bits per heavy atom. The van der Waals surface area contributed by atoms with Gasteiger partial charge < -0.3 is 10.1 Å². The van der Waals surface area contributed by atoms with Gasteiger partial charge in [0.1, 0.15) is 22.0 Å². The summed E-state index contributed by atoms with van der Waals surface area (Å²) in [6.45, 7) is 1.97. The number of rotatable bonds is 9. The molecule has 0 spiro atoms. The van der Waals surface area contributed by atoms with Crippen molar-refractivity contribution in [3.05, 3.63) is 83.9 Å². The van der Waals surface area contributed by atoms with Gasteiger partial charge in [0.2, 0.25) is 15.9 Å². The van der Waals surface area contributed by atoms with E-state index in [2.05, 4.69) is 18.8 Å². The number of amides is 1. The maximum absolute atomic E-state index is 13.3. The zero-order chi connectivity index (χ0) is 24.8. The fourth-order valence-electron chi connectivity index (χ4n) is 3.42. The Bertz CT molecular complexity index is 1440. The highest BCUT2D eigenvalue weighted by Gasteiger charge is 2.28. The lowest BCUT2D eigenvalue weighted by Crippen LogP contribution is -2.45. The van der Waals surface area contributed by atoms with Crippen LogP contribution in [0.2, 0.25) is 0 Å². The molecule has 0 fully saturated rings. The maximum atomic E-state index is 13.3. The van der Waals surface area contributed by atoms with Crippen LogP contribution in [0.1, 0.15) is 22.8 Å². The molecule has 0 aliphatic carbocycles. The van der Waals surface area contributed by atoms with E-state index >= 15 is 0 Å². The van der Waals surface area contributed by atoms with Gasteiger partial charge in [0.25, 0.3) is 0 Å². The van der Waals surface area contributed by atoms with Crippen LogP contribution in [0, 0.1) is 0 Å². The summed E-state index contributed by atoms with van der Waals surface area (Å²) in [5.74, 6) is -1.02. The number of esters is 1. The van der Waals surface area contributed by atoms with Crippen molar-refractivity contribution in [3.63, 3.8) is 0 Å². The standard InChI is InChI=1S/C24H22N4O5S2/c1-2-33-24(30)17-11-13-18(14-12-17)25-23(29)20(15-16-7-4-3-5-8-16)28-35(31,32)21-10-6-9-19-22(21)27-34-26-19/h3-14,20,28H,2,15H2,1H3,(H,25,29)/t20-/m1/s1. The van der Waals surface area contributed by atoms with Crippen LogP contribution in [0.4, 0.5) is 5.69 Å². The highest BCUT2D eigenvalue weighted by atomic mass is 32.2. The molecule has 0 aliphatic rings. The minimum Gasteiger partial charge on any atom is -0.462 e. The Labute approximate surface area is 206 Å². The second kappa shape index (κ2) is 10.7. The smallest absolute Gasteiger partial charge is 0.338 e. The zero-order valence-electron chi connectivity index (χ0n) is 18.7. The molecule has 0 bridgehead atoms. The van der Waals surface area contributed by atoms with Gasteiger partial charge in [-0.2, -0.15) is 13.5 Å². The Hall–Kier alpha value is -3.67. The number of anilines is 1. The monoisotopic (exact) mass is 510 g/mol. The lowest BCUT2D eigenvalue weighted by atomic mass is 10.1. The van der Waals surface area contributed by atoms with Crippen molar-refractivity contribution in [1.82, 2.24) is 13.5 Å². The van der Waals surface area contributed by atoms with E-state index < -0.39 is 27.9 Å². The Kier molecular flexibility index (Phi) is 7.49. The molecule has 0 aliphatic heterocycles. The summed E-state index contributed by atoms with van der Waals surface area (Å²) >= 11 is 0.914. The van der Waals surface area contributed by atoms with Gasteiger partial charge in [-0.05, 0) is 55.3 Å². The summed E-state index contributed by atoms with van der Waals surface area (Å²) in [7, 11) is -4.11. The van der Waals surface area contributed by atoms with Crippen LogP contribution < -0.4 is 10.0 Å². The minimum absolute atomic E-state index is 0.0478. The Balaban J connectivity index is 1.58. The largest absolute Gasteiger partial charge is 0.462 e. The van der Waals surface area contributed by atoms with Crippen molar-refractivity contribution in [1.29, 1.82) is 0 Å². The summed E-state index contributed by atoms with van der Waals surface area (Å²) in [5.41, 5.74) is 2.24. The molecule has 0 unspecified atom stereocenters. The topological polar surface area (TPSA) is 127 Å². The van der Waals surface area contributed by atoms with Crippen LogP contribution in [-0.2, 0) is 26.0 Å². The molecule has 3 aromatic carbocycles. The number of nitrogens with zero attached hydrogens (tertiary/aromatic N) is 2. The molecule has 0 saturated carbocycles. The summed E-state index contributed by atoms with van der Waals surface area (Å²) in [5, 5.41) is 2.72. The molecule has 35 heavy (non-hydrogen) atoms. The first-order valence-electron chi connectivity index (χ1n) is 10.7. The van der Waals surface area contributed by atoms with Gasteiger partial charge in [-0.1, -0.05) is 36.4 Å². The maximum Gasteiger partial charge on any atom is 0.338 e. The third-order valence-corrected chi connectivity index (χ3v) is 7.14. The number of ether oxygens (including phenoxy) is 1. The van der Waals surface area contributed by atoms with E-state index in [9.17, 15) is 18.0 Å². The van der Waals surface area contributed by atoms with Gasteiger partial charge >= 0.3 is 5.97 Å². The Morgan fingerprint density at radius 1 is 0.971 bits per heavy atom. The number of benzene rings is 3. The van der Waals surface area contributed by atoms with Crippen molar-refractivity contribution in [2.75, 3.05) is 11.9 Å². The van der Waals surface area contributed by atoms with Crippen LogP contribution >= 0.6 is 11.7 Å². The van der Waals surface area contributed by atoms with Crippen molar-refractivity contribution >= 4 is 50.3 Å². The summed E-state index contributed by atoms with van der Waals surface area (Å²) in [6.07, 6.45) is 0.123. The number of fused-ring (bicyclic) bond motifs is 1. The molecule has 0 saturated heterocycles. The number of aromatic nitrogens is 2. The zero-order valence-corrected chi connectivity index (χ0v) is 20.3. The van der Waals surface area contributed by atoms with Crippen molar-refractivity contribution < 1.29 is 22.7 Å². The number of sulfonamides is 1. The van der Waals surface area contributed by atoms with E-state index in [0.717, 1.165) is 17.3 Å². The predicted molar refractivity (Wildman–Crippen MR) is 133 cm³/mol. The molecule has 1 atom stereocenters. The van der Waals surface area contributed by atoms with Crippen LogP contribution in [0.25, 0.3) is 11.0 Å². The van der Waals surface area contributed by atoms with E-state index in [-0.39, 0.29) is 23.4 Å². The van der Waals surface area contributed by atoms with E-state index in [4.69, 9.17) is 4.74 Å². The van der Waals surface area contributed by atoms with Crippen molar-refractivity contribution in [2.24, 2.45) is 0 Å². The molecule has 4 aromatic rings. The number of nitrogens with one attached hydrogen (secondary N) is 2. The summed E-state index contributed by atoms with van der Waals surface area (Å²) in [4.78, 5) is 25.0. The molecule has 11 heteroatoms. The van der Waals surface area contributed by atoms with E-state index in [1.807, 2.05) is 30.3 Å². The van der Waals surface area contributed by atoms with E-state index in [1.54, 1.807) is 31.2 Å². The van der Waals surface area contributed by atoms with Gasteiger partial charge in [-0.3, -0.25) is 4.79 Å². The minimum atomic E-state index is -4.11. The van der Waals surface area contributed by atoms with Gasteiger partial charge in [0, 0.05) is 5.69 Å². The van der Waals surface area contributed by atoms with Crippen molar-refractivity contribution in [2.45, 2.75) is 24.3 Å². The van der Waals surface area contributed by atoms with Crippen molar-refractivity contribution in [3.8, 4) is 0 Å². The fourth-order valence-corrected chi connectivity index (χ4v) is 5.38. The lowest BCUT2D eigenvalue weighted by molar-refractivity contribution is -0.117. The number of hydrogen-bond acceptors (Lipinski definition) is 8. The van der Waals surface area contributed by atoms with E-state index in [0.29, 0.717) is 16.8 Å². The van der Waals surface area contributed by atoms with Gasteiger partial charge in [-0.15, -0.1) is 0 Å². The molecule has 9 nitrogen and oxygen atoms in total. The summed E-state index contributed by atoms with van der Waals surface area (Å²) in [6, 6.07) is 18.8. The molecular weight excluding hydrogens is 488 g/mol. The van der Waals surface area contributed by atoms with Crippen LogP contribution in [0.15, 0.2) is 77.7 Å². The highest BCUT2D eigenvalue weighted by Crippen LogP contribution is 2.22. The summed E-state index contributed by atoms with van der Waals surface area (Å²) < 4.78 is 42.2. The predicted octanol–water partition coefficient (Wildman–Crippen LogP) is 3.40. The average Bonchev–Trinajstić information content (AvgIpc) is 3.34. The van der Waals surface area contributed by atoms with Crippen LogP contribution in [-0.4, -0.2) is 41.7 Å². The first kappa shape index (κ1) is 24.5. The quantitative estimate of drug-likeness (QED) is 0.330. The molecule has 0 radical (unpaired) electrons. The van der Waals surface area contributed by atoms with Gasteiger partial charge in [0.05, 0.1) is 23.9 Å². The number of hydrogen-bond donors (Lipinski definition) is 2. The molecule has 1 amide bonds. The molecular formula is C24H22N4O5S2. The second-order valence-electron chi connectivity index (χ2n) is 7.54. The van der Waals surface area contributed by atoms with E-state index in [1.165, 1.54) is 18.2 Å². The third-order valence-electron chi connectivity index (χ3n) is 5.10. The molecule has 1 heterocycles. The lowest BCUT2D eigenvalue weighted by Gasteiger charge is -2.19. The first-order valence-corrected chi connectivity index (χ1v) is 12.9. The van der Waals surface area contributed by atoms with Crippen LogP contribution in [0.5, 0.6) is 0 Å². The average molecular weight is 511 g/mol. The molecule has 4 rings (SSSR count). The molecule has 2 N–H and O–H groups in total.